The maximum atomic E-state index is 13.1. The first-order chi connectivity index (χ1) is 15.3. The minimum Gasteiger partial charge on any atom is -0.507 e. The Balaban J connectivity index is 2.19. The number of aliphatic hydroxyl groups is 1. The molecule has 0 aromatic heterocycles. The Morgan fingerprint density at radius 2 is 1.78 bits per heavy atom. The van der Waals surface area contributed by atoms with E-state index in [1.54, 1.807) is 42.5 Å². The van der Waals surface area contributed by atoms with Gasteiger partial charge in [0.25, 0.3) is 11.7 Å². The van der Waals surface area contributed by atoms with Gasteiger partial charge < -0.3 is 24.4 Å². The SMILES string of the molecule is COc1cccc([C@@H]2C(=C(O)c3ccc(Br)cc3)C(=O)C(=O)N2CCCN(C)C)c1OC. The molecule has 1 atom stereocenters. The van der Waals surface area contributed by atoms with Crippen LogP contribution in [0, 0.1) is 0 Å². The largest absolute Gasteiger partial charge is 0.507 e. The third kappa shape index (κ3) is 4.66. The van der Waals surface area contributed by atoms with Crippen molar-refractivity contribution in [3.05, 3.63) is 63.6 Å². The van der Waals surface area contributed by atoms with Gasteiger partial charge in [0.1, 0.15) is 5.76 Å². The van der Waals surface area contributed by atoms with Gasteiger partial charge >= 0.3 is 0 Å². The summed E-state index contributed by atoms with van der Waals surface area (Å²) in [6.07, 6.45) is 0.668. The minimum atomic E-state index is -0.800. The molecule has 0 aliphatic carbocycles. The van der Waals surface area contributed by atoms with Crippen LogP contribution in [0.4, 0.5) is 0 Å². The summed E-state index contributed by atoms with van der Waals surface area (Å²) in [5.74, 6) is -0.683. The number of nitrogens with zero attached hydrogens (tertiary/aromatic N) is 2. The second-order valence-corrected chi connectivity index (χ2v) is 8.65. The molecule has 3 rings (SSSR count). The fourth-order valence-corrected chi connectivity index (χ4v) is 4.15. The lowest BCUT2D eigenvalue weighted by atomic mass is 9.94. The standard InChI is InChI=1S/C24H27BrN2O5/c1-26(2)13-6-14-27-20(17-7-5-8-18(31-3)23(17)32-4)19(22(29)24(27)30)21(28)15-9-11-16(25)12-10-15/h5,7-12,20,28H,6,13-14H2,1-4H3/t20-/m1/s1. The molecule has 2 aromatic rings. The molecule has 0 unspecified atom stereocenters. The summed E-state index contributed by atoms with van der Waals surface area (Å²) in [5, 5.41) is 11.1. The molecule has 0 bridgehead atoms. The lowest BCUT2D eigenvalue weighted by molar-refractivity contribution is -0.140. The van der Waals surface area contributed by atoms with E-state index in [1.165, 1.54) is 19.1 Å². The van der Waals surface area contributed by atoms with Gasteiger partial charge in [-0.3, -0.25) is 9.59 Å². The zero-order valence-electron chi connectivity index (χ0n) is 18.6. The molecule has 0 saturated carbocycles. The summed E-state index contributed by atoms with van der Waals surface area (Å²) in [4.78, 5) is 29.7. The van der Waals surface area contributed by atoms with Crippen LogP contribution < -0.4 is 9.47 Å². The Morgan fingerprint density at radius 1 is 1.09 bits per heavy atom. The average molecular weight is 503 g/mol. The van der Waals surface area contributed by atoms with E-state index in [-0.39, 0.29) is 11.3 Å². The molecular formula is C24H27BrN2O5. The maximum absolute atomic E-state index is 13.1. The van der Waals surface area contributed by atoms with E-state index < -0.39 is 17.7 Å². The highest BCUT2D eigenvalue weighted by Gasteiger charge is 2.47. The van der Waals surface area contributed by atoms with Gasteiger partial charge in [0.05, 0.1) is 25.8 Å². The Hall–Kier alpha value is -2.84. The molecule has 2 aromatic carbocycles. The van der Waals surface area contributed by atoms with E-state index >= 15 is 0 Å². The van der Waals surface area contributed by atoms with Crippen molar-refractivity contribution in [1.29, 1.82) is 0 Å². The summed E-state index contributed by atoms with van der Waals surface area (Å²) in [5.41, 5.74) is 1.06. The summed E-state index contributed by atoms with van der Waals surface area (Å²) < 4.78 is 11.9. The zero-order valence-corrected chi connectivity index (χ0v) is 20.2. The molecule has 1 fully saturated rings. The number of carbonyl (C=O) groups excluding carboxylic acids is 2. The van der Waals surface area contributed by atoms with Gasteiger partial charge in [0, 0.05) is 22.1 Å². The smallest absolute Gasteiger partial charge is 0.295 e. The maximum Gasteiger partial charge on any atom is 0.295 e. The van der Waals surface area contributed by atoms with Gasteiger partial charge in [0.15, 0.2) is 11.5 Å². The summed E-state index contributed by atoms with van der Waals surface area (Å²) >= 11 is 3.37. The van der Waals surface area contributed by atoms with E-state index in [2.05, 4.69) is 15.9 Å². The van der Waals surface area contributed by atoms with Gasteiger partial charge in [-0.25, -0.2) is 0 Å². The normalized spacial score (nSPS) is 17.8. The average Bonchev–Trinajstić information content (AvgIpc) is 3.03. The first-order valence-electron chi connectivity index (χ1n) is 10.2. The molecule has 7 nitrogen and oxygen atoms in total. The predicted molar refractivity (Wildman–Crippen MR) is 126 cm³/mol. The first-order valence-corrected chi connectivity index (χ1v) is 11.0. The molecule has 0 radical (unpaired) electrons. The van der Waals surface area contributed by atoms with Gasteiger partial charge in [-0.05, 0) is 45.3 Å². The van der Waals surface area contributed by atoms with Crippen LogP contribution in [0.2, 0.25) is 0 Å². The van der Waals surface area contributed by atoms with E-state index in [0.717, 1.165) is 11.0 Å². The highest BCUT2D eigenvalue weighted by molar-refractivity contribution is 9.10. The Bertz CT molecular complexity index is 1030. The number of carbonyl (C=O) groups is 2. The van der Waals surface area contributed by atoms with Crippen molar-refractivity contribution in [2.45, 2.75) is 12.5 Å². The van der Waals surface area contributed by atoms with E-state index in [1.807, 2.05) is 19.0 Å². The second-order valence-electron chi connectivity index (χ2n) is 7.74. The molecule has 1 amide bonds. The summed E-state index contributed by atoms with van der Waals surface area (Å²) in [7, 11) is 6.93. The monoisotopic (exact) mass is 502 g/mol. The third-order valence-electron chi connectivity index (χ3n) is 5.39. The third-order valence-corrected chi connectivity index (χ3v) is 5.92. The number of likely N-dealkylation sites (tertiary alicyclic amines) is 1. The first kappa shape index (κ1) is 23.8. The number of benzene rings is 2. The van der Waals surface area contributed by atoms with Crippen molar-refractivity contribution in [2.24, 2.45) is 0 Å². The highest BCUT2D eigenvalue weighted by atomic mass is 79.9. The predicted octanol–water partition coefficient (Wildman–Crippen LogP) is 3.84. The summed E-state index contributed by atoms with van der Waals surface area (Å²) in [6.45, 7) is 1.10. The molecule has 170 valence electrons. The number of aliphatic hydroxyl groups excluding tert-OH is 1. The second kappa shape index (κ2) is 10.2. The number of methoxy groups -OCH3 is 2. The summed E-state index contributed by atoms with van der Waals surface area (Å²) in [6, 6.07) is 11.4. The highest BCUT2D eigenvalue weighted by Crippen LogP contribution is 2.45. The molecule has 1 aliphatic rings. The van der Waals surface area contributed by atoms with E-state index in [9.17, 15) is 14.7 Å². The molecule has 1 heterocycles. The van der Waals surface area contributed by atoms with Crippen molar-refractivity contribution < 1.29 is 24.2 Å². The van der Waals surface area contributed by atoms with Gasteiger partial charge in [-0.2, -0.15) is 0 Å². The van der Waals surface area contributed by atoms with Crippen LogP contribution in [0.1, 0.15) is 23.6 Å². The van der Waals surface area contributed by atoms with Crippen LogP contribution in [0.5, 0.6) is 11.5 Å². The molecule has 32 heavy (non-hydrogen) atoms. The van der Waals surface area contributed by atoms with Crippen LogP contribution in [-0.4, -0.2) is 68.0 Å². The fourth-order valence-electron chi connectivity index (χ4n) is 3.88. The topological polar surface area (TPSA) is 79.3 Å². The number of Topliss-reactive ketones (excluding diaryl/α,β-unsaturated/α-hetero) is 1. The van der Waals surface area contributed by atoms with Crippen LogP contribution >= 0.6 is 15.9 Å². The van der Waals surface area contributed by atoms with Crippen LogP contribution in [0.25, 0.3) is 5.76 Å². The van der Waals surface area contributed by atoms with Gasteiger partial charge in [-0.15, -0.1) is 0 Å². The number of ketones is 1. The van der Waals surface area contributed by atoms with Crippen LogP contribution in [-0.2, 0) is 9.59 Å². The number of hydrogen-bond donors (Lipinski definition) is 1. The van der Waals surface area contributed by atoms with Crippen LogP contribution in [0.15, 0.2) is 52.5 Å². The lowest BCUT2D eigenvalue weighted by Gasteiger charge is -2.27. The minimum absolute atomic E-state index is 0.0359. The lowest BCUT2D eigenvalue weighted by Crippen LogP contribution is -2.32. The van der Waals surface area contributed by atoms with Gasteiger partial charge in [0.2, 0.25) is 0 Å². The molecule has 1 aliphatic heterocycles. The van der Waals surface area contributed by atoms with E-state index in [0.29, 0.717) is 35.6 Å². The molecule has 8 heteroatoms. The Kier molecular flexibility index (Phi) is 7.58. The number of ether oxygens (including phenoxy) is 2. The quantitative estimate of drug-likeness (QED) is 0.335. The molecule has 1 saturated heterocycles. The Labute approximate surface area is 196 Å². The van der Waals surface area contributed by atoms with Gasteiger partial charge in [-0.1, -0.05) is 40.2 Å². The van der Waals surface area contributed by atoms with Crippen molar-refractivity contribution >= 4 is 33.4 Å². The molecular weight excluding hydrogens is 476 g/mol. The number of amides is 1. The van der Waals surface area contributed by atoms with Crippen molar-refractivity contribution in [3.8, 4) is 11.5 Å². The van der Waals surface area contributed by atoms with Crippen molar-refractivity contribution in [3.63, 3.8) is 0 Å². The molecule has 1 N–H and O–H groups in total. The number of rotatable bonds is 8. The van der Waals surface area contributed by atoms with Crippen LogP contribution in [0.3, 0.4) is 0 Å². The number of hydrogen-bond acceptors (Lipinski definition) is 6. The van der Waals surface area contributed by atoms with E-state index in [4.69, 9.17) is 9.47 Å². The number of halogens is 1. The Morgan fingerprint density at radius 3 is 2.38 bits per heavy atom. The van der Waals surface area contributed by atoms with Crippen molar-refractivity contribution in [2.75, 3.05) is 41.4 Å². The molecule has 0 spiro atoms. The van der Waals surface area contributed by atoms with Crippen molar-refractivity contribution in [1.82, 2.24) is 9.80 Å². The fraction of sp³-hybridized carbons (Fsp3) is 0.333. The number of para-hydroxylation sites is 1. The zero-order chi connectivity index (χ0) is 23.4.